The molecular weight excluding hydrogens is 251 g/mol. The van der Waals surface area contributed by atoms with Crippen molar-refractivity contribution in [3.8, 4) is 0 Å². The first-order valence-electron chi connectivity index (χ1n) is 3.13. The molecule has 1 radical (unpaired) electrons. The summed E-state index contributed by atoms with van der Waals surface area (Å²) in [6.07, 6.45) is -1.61. The molecule has 0 fully saturated rings. The van der Waals surface area contributed by atoms with E-state index in [9.17, 15) is 19.2 Å². The van der Waals surface area contributed by atoms with Crippen LogP contribution in [-0.2, 0) is 37.7 Å². The van der Waals surface area contributed by atoms with E-state index in [1.165, 1.54) is 0 Å². The summed E-state index contributed by atoms with van der Waals surface area (Å²) in [6.45, 7) is 0. The van der Waals surface area contributed by atoms with E-state index in [0.717, 1.165) is 0 Å². The van der Waals surface area contributed by atoms with Gasteiger partial charge in [-0.15, -0.1) is 0 Å². The summed E-state index contributed by atoms with van der Waals surface area (Å²) in [5, 5.41) is 30.8. The van der Waals surface area contributed by atoms with Gasteiger partial charge in [0.2, 0.25) is 0 Å². The summed E-state index contributed by atoms with van der Waals surface area (Å²) < 4.78 is 0. The van der Waals surface area contributed by atoms with Gasteiger partial charge < -0.3 is 20.4 Å². The molecule has 0 atom stereocenters. The van der Waals surface area contributed by atoms with E-state index in [-0.39, 0.29) is 18.6 Å². The van der Waals surface area contributed by atoms with Crippen LogP contribution in [0.15, 0.2) is 0 Å². The fourth-order valence-electron chi connectivity index (χ4n) is 0.259. The summed E-state index contributed by atoms with van der Waals surface area (Å²) in [5.74, 6) is -5.25. The zero-order valence-electron chi connectivity index (χ0n) is 7.28. The minimum absolute atomic E-state index is 0. The standard InChI is InChI=1S/2C3H4O4.V/c2*4-2(5)1-3(6)7;/h2*1H2,(H,4,5)(H,6,7);. The van der Waals surface area contributed by atoms with Crippen molar-refractivity contribution in [2.75, 3.05) is 0 Å². The molecule has 4 N–H and O–H groups in total. The number of carboxylic acids is 4. The molecule has 85 valence electrons. The third-order valence-electron chi connectivity index (χ3n) is 0.605. The molecule has 0 amide bonds. The van der Waals surface area contributed by atoms with Crippen LogP contribution in [0.4, 0.5) is 0 Å². The zero-order chi connectivity index (χ0) is 11.7. The van der Waals surface area contributed by atoms with Crippen LogP contribution in [0.25, 0.3) is 0 Å². The predicted octanol–water partition coefficient (Wildman–Crippen LogP) is -0.911. The smallest absolute Gasteiger partial charge is 0.314 e. The maximum atomic E-state index is 9.43. The van der Waals surface area contributed by atoms with Gasteiger partial charge in [0.25, 0.3) is 0 Å². The van der Waals surface area contributed by atoms with Crippen LogP contribution in [0.5, 0.6) is 0 Å². The van der Waals surface area contributed by atoms with Gasteiger partial charge in [-0.3, -0.25) is 19.2 Å². The van der Waals surface area contributed by atoms with Crippen molar-refractivity contribution in [2.45, 2.75) is 12.8 Å². The second-order valence-corrected chi connectivity index (χ2v) is 1.93. The maximum absolute atomic E-state index is 9.43. The fraction of sp³-hybridized carbons (Fsp3) is 0.333. The van der Waals surface area contributed by atoms with E-state index in [1.807, 2.05) is 0 Å². The summed E-state index contributed by atoms with van der Waals surface area (Å²) in [7, 11) is 0. The zero-order valence-corrected chi connectivity index (χ0v) is 8.68. The van der Waals surface area contributed by atoms with Crippen molar-refractivity contribution in [1.29, 1.82) is 0 Å². The number of aliphatic carboxylic acids is 4. The Labute approximate surface area is 95.4 Å². The number of carboxylic acid groups (broad SMARTS) is 4. The minimum atomic E-state index is -1.31. The average Bonchev–Trinajstić information content (AvgIpc) is 1.79. The third kappa shape index (κ3) is 32.7. The van der Waals surface area contributed by atoms with Crippen molar-refractivity contribution in [3.63, 3.8) is 0 Å². The first-order chi connectivity index (χ1) is 6.25. The minimum Gasteiger partial charge on any atom is -0.481 e. The summed E-state index contributed by atoms with van der Waals surface area (Å²) in [5.41, 5.74) is 0. The first-order valence-corrected chi connectivity index (χ1v) is 3.13. The van der Waals surface area contributed by atoms with Crippen LogP contribution in [-0.4, -0.2) is 44.3 Å². The van der Waals surface area contributed by atoms with E-state index in [4.69, 9.17) is 20.4 Å². The molecule has 0 aromatic carbocycles. The Kier molecular flexibility index (Phi) is 13.4. The first kappa shape index (κ1) is 19.1. The molecule has 15 heavy (non-hydrogen) atoms. The molecule has 0 aliphatic rings. The fourth-order valence-corrected chi connectivity index (χ4v) is 0.259. The molecule has 0 aliphatic heterocycles. The van der Waals surface area contributed by atoms with E-state index in [2.05, 4.69) is 0 Å². The topological polar surface area (TPSA) is 149 Å². The third-order valence-corrected chi connectivity index (χ3v) is 0.605. The summed E-state index contributed by atoms with van der Waals surface area (Å²) in [6, 6.07) is 0. The van der Waals surface area contributed by atoms with Gasteiger partial charge in [-0.1, -0.05) is 0 Å². The van der Waals surface area contributed by atoms with Crippen LogP contribution < -0.4 is 0 Å². The number of hydrogen-bond donors (Lipinski definition) is 4. The van der Waals surface area contributed by atoms with Crippen molar-refractivity contribution >= 4 is 23.9 Å². The molecule has 0 aliphatic carbocycles. The molecule has 0 unspecified atom stereocenters. The van der Waals surface area contributed by atoms with Gasteiger partial charge in [0.1, 0.15) is 12.8 Å². The largest absolute Gasteiger partial charge is 0.481 e. The average molecular weight is 259 g/mol. The van der Waals surface area contributed by atoms with Crippen molar-refractivity contribution < 1.29 is 58.2 Å². The molecule has 9 heteroatoms. The molecule has 8 nitrogen and oxygen atoms in total. The normalized spacial score (nSPS) is 7.47. The monoisotopic (exact) mass is 259 g/mol. The molecule has 0 spiro atoms. The van der Waals surface area contributed by atoms with Crippen LogP contribution in [0.2, 0.25) is 0 Å². The van der Waals surface area contributed by atoms with Gasteiger partial charge >= 0.3 is 23.9 Å². The summed E-state index contributed by atoms with van der Waals surface area (Å²) >= 11 is 0. The quantitative estimate of drug-likeness (QED) is 0.474. The number of carbonyl (C=O) groups is 4. The SMILES string of the molecule is O=C(O)CC(=O)O.O=C(O)CC(=O)O.[V]. The Bertz CT molecular complexity index is 198. The Morgan fingerprint density at radius 1 is 0.600 bits per heavy atom. The Morgan fingerprint density at radius 3 is 0.733 bits per heavy atom. The van der Waals surface area contributed by atoms with Crippen molar-refractivity contribution in [2.24, 2.45) is 0 Å². The molecule has 0 rings (SSSR count). The Hall–Kier alpha value is -1.54. The van der Waals surface area contributed by atoms with Crippen LogP contribution in [0, 0.1) is 0 Å². The maximum Gasteiger partial charge on any atom is 0.314 e. The molecule has 0 saturated carbocycles. The predicted molar refractivity (Wildman–Crippen MR) is 39.8 cm³/mol. The molecule has 0 aromatic rings. The van der Waals surface area contributed by atoms with Gasteiger partial charge in [0, 0.05) is 18.6 Å². The molecule has 0 heterocycles. The van der Waals surface area contributed by atoms with Crippen molar-refractivity contribution in [1.82, 2.24) is 0 Å². The van der Waals surface area contributed by atoms with Gasteiger partial charge in [0.15, 0.2) is 0 Å². The Morgan fingerprint density at radius 2 is 0.733 bits per heavy atom. The molecule has 0 saturated heterocycles. The molecular formula is C6H8O8V. The Balaban J connectivity index is -0.000000180. The van der Waals surface area contributed by atoms with Crippen LogP contribution >= 0.6 is 0 Å². The van der Waals surface area contributed by atoms with Crippen LogP contribution in [0.3, 0.4) is 0 Å². The van der Waals surface area contributed by atoms with Gasteiger partial charge in [0.05, 0.1) is 0 Å². The van der Waals surface area contributed by atoms with Crippen LogP contribution in [0.1, 0.15) is 12.8 Å². The van der Waals surface area contributed by atoms with E-state index >= 15 is 0 Å². The summed E-state index contributed by atoms with van der Waals surface area (Å²) in [4.78, 5) is 37.7. The van der Waals surface area contributed by atoms with Crippen molar-refractivity contribution in [3.05, 3.63) is 0 Å². The molecule has 0 aromatic heterocycles. The molecule has 0 bridgehead atoms. The van der Waals surface area contributed by atoms with E-state index < -0.39 is 36.7 Å². The second kappa shape index (κ2) is 10.5. The van der Waals surface area contributed by atoms with Gasteiger partial charge in [-0.25, -0.2) is 0 Å². The van der Waals surface area contributed by atoms with Gasteiger partial charge in [-0.05, 0) is 0 Å². The number of hydrogen-bond acceptors (Lipinski definition) is 4. The van der Waals surface area contributed by atoms with E-state index in [1.54, 1.807) is 0 Å². The van der Waals surface area contributed by atoms with E-state index in [0.29, 0.717) is 0 Å². The van der Waals surface area contributed by atoms with Gasteiger partial charge in [-0.2, -0.15) is 0 Å². The second-order valence-electron chi connectivity index (χ2n) is 1.93. The number of rotatable bonds is 4.